The molecule has 0 spiro atoms. The molecule has 2 aromatic rings. The van der Waals surface area contributed by atoms with Crippen LogP contribution in [0.15, 0.2) is 40.8 Å². The lowest BCUT2D eigenvalue weighted by atomic mass is 10.1. The maximum atomic E-state index is 12.7. The number of aryl methyl sites for hydroxylation is 1. The van der Waals surface area contributed by atoms with Crippen LogP contribution in [0.25, 0.3) is 0 Å². The third-order valence-electron chi connectivity index (χ3n) is 2.84. The van der Waals surface area contributed by atoms with Crippen molar-refractivity contribution in [2.75, 3.05) is 0 Å². The van der Waals surface area contributed by atoms with E-state index in [0.717, 1.165) is 17.1 Å². The number of hydrogen-bond acceptors (Lipinski definition) is 2. The van der Waals surface area contributed by atoms with E-state index in [1.807, 2.05) is 26.0 Å². The number of hydrogen-bond donors (Lipinski definition) is 1. The van der Waals surface area contributed by atoms with Crippen LogP contribution in [0.4, 0.5) is 4.39 Å². The quantitative estimate of drug-likeness (QED) is 0.918. The fraction of sp³-hybridized carbons (Fsp3) is 0.267. The van der Waals surface area contributed by atoms with Gasteiger partial charge in [-0.05, 0) is 43.7 Å². The maximum absolute atomic E-state index is 12.7. The van der Waals surface area contributed by atoms with Crippen LogP contribution in [-0.2, 0) is 11.2 Å². The summed E-state index contributed by atoms with van der Waals surface area (Å²) in [5.74, 6) is 1.12. The number of carbonyl (C=O) groups excluding carboxylic acids is 1. The van der Waals surface area contributed by atoms with Crippen molar-refractivity contribution in [3.05, 3.63) is 59.3 Å². The third-order valence-corrected chi connectivity index (χ3v) is 2.84. The SMILES string of the molecule is Cc1ccc([C@@H](C)NC(=O)Cc2ccc(F)cc2)o1. The molecular formula is C15H16FNO2. The normalized spacial score (nSPS) is 12.2. The Hall–Kier alpha value is -2.10. The molecule has 0 saturated heterocycles. The van der Waals surface area contributed by atoms with Gasteiger partial charge in [-0.3, -0.25) is 4.79 Å². The highest BCUT2D eigenvalue weighted by Crippen LogP contribution is 2.15. The first-order valence-corrected chi connectivity index (χ1v) is 6.15. The Morgan fingerprint density at radius 1 is 1.26 bits per heavy atom. The summed E-state index contributed by atoms with van der Waals surface area (Å²) in [6, 6.07) is 9.44. The molecule has 4 heteroatoms. The van der Waals surface area contributed by atoms with Crippen molar-refractivity contribution in [2.45, 2.75) is 26.3 Å². The van der Waals surface area contributed by atoms with Gasteiger partial charge in [0.05, 0.1) is 12.5 Å². The van der Waals surface area contributed by atoms with Gasteiger partial charge in [0.25, 0.3) is 0 Å². The second kappa shape index (κ2) is 5.69. The molecule has 0 aliphatic carbocycles. The molecule has 0 saturated carbocycles. The lowest BCUT2D eigenvalue weighted by molar-refractivity contribution is -0.121. The zero-order valence-electron chi connectivity index (χ0n) is 10.9. The zero-order valence-corrected chi connectivity index (χ0v) is 10.9. The highest BCUT2D eigenvalue weighted by molar-refractivity contribution is 5.78. The molecule has 1 heterocycles. The topological polar surface area (TPSA) is 42.2 Å². The van der Waals surface area contributed by atoms with E-state index in [-0.39, 0.29) is 24.2 Å². The highest BCUT2D eigenvalue weighted by atomic mass is 19.1. The molecule has 0 radical (unpaired) electrons. The van der Waals surface area contributed by atoms with Crippen LogP contribution in [-0.4, -0.2) is 5.91 Å². The van der Waals surface area contributed by atoms with Crippen molar-refractivity contribution in [2.24, 2.45) is 0 Å². The smallest absolute Gasteiger partial charge is 0.224 e. The number of nitrogens with one attached hydrogen (secondary N) is 1. The Kier molecular flexibility index (Phi) is 4.00. The third kappa shape index (κ3) is 3.68. The molecule has 19 heavy (non-hydrogen) atoms. The predicted molar refractivity (Wildman–Crippen MR) is 70.1 cm³/mol. The van der Waals surface area contributed by atoms with Gasteiger partial charge in [0.1, 0.15) is 17.3 Å². The second-order valence-corrected chi connectivity index (χ2v) is 4.54. The van der Waals surface area contributed by atoms with Crippen LogP contribution in [0.1, 0.15) is 30.0 Å². The molecular weight excluding hydrogens is 245 g/mol. The first-order valence-electron chi connectivity index (χ1n) is 6.15. The largest absolute Gasteiger partial charge is 0.464 e. The van der Waals surface area contributed by atoms with Crippen molar-refractivity contribution < 1.29 is 13.6 Å². The summed E-state index contributed by atoms with van der Waals surface area (Å²) in [7, 11) is 0. The first-order chi connectivity index (χ1) is 9.04. The molecule has 0 fully saturated rings. The Morgan fingerprint density at radius 2 is 1.95 bits per heavy atom. The van der Waals surface area contributed by atoms with Crippen LogP contribution in [0.2, 0.25) is 0 Å². The van der Waals surface area contributed by atoms with E-state index in [2.05, 4.69) is 5.32 Å². The molecule has 0 bridgehead atoms. The van der Waals surface area contributed by atoms with Gasteiger partial charge in [-0.15, -0.1) is 0 Å². The summed E-state index contributed by atoms with van der Waals surface area (Å²) >= 11 is 0. The maximum Gasteiger partial charge on any atom is 0.224 e. The highest BCUT2D eigenvalue weighted by Gasteiger charge is 2.12. The number of carbonyl (C=O) groups is 1. The van der Waals surface area contributed by atoms with Gasteiger partial charge in [-0.1, -0.05) is 12.1 Å². The number of rotatable bonds is 4. The van der Waals surface area contributed by atoms with Crippen molar-refractivity contribution in [3.8, 4) is 0 Å². The Balaban J connectivity index is 1.92. The van der Waals surface area contributed by atoms with Crippen LogP contribution in [0.5, 0.6) is 0 Å². The summed E-state index contributed by atoms with van der Waals surface area (Å²) in [6.07, 6.45) is 0.226. The number of benzene rings is 1. The number of furan rings is 1. The van der Waals surface area contributed by atoms with Gasteiger partial charge < -0.3 is 9.73 Å². The summed E-state index contributed by atoms with van der Waals surface area (Å²) in [6.45, 7) is 3.72. The zero-order chi connectivity index (χ0) is 13.8. The molecule has 1 amide bonds. The number of halogens is 1. The van der Waals surface area contributed by atoms with E-state index in [9.17, 15) is 9.18 Å². The molecule has 1 atom stereocenters. The average molecular weight is 261 g/mol. The molecule has 1 N–H and O–H groups in total. The molecule has 0 aliphatic rings. The fourth-order valence-electron chi connectivity index (χ4n) is 1.84. The molecule has 1 aromatic carbocycles. The Morgan fingerprint density at radius 3 is 2.53 bits per heavy atom. The van der Waals surface area contributed by atoms with Crippen molar-refractivity contribution in [1.29, 1.82) is 0 Å². The molecule has 0 aliphatic heterocycles. The minimum absolute atomic E-state index is 0.117. The van der Waals surface area contributed by atoms with Gasteiger partial charge in [-0.25, -0.2) is 4.39 Å². The predicted octanol–water partition coefficient (Wildman–Crippen LogP) is 3.15. The van der Waals surface area contributed by atoms with E-state index < -0.39 is 0 Å². The van der Waals surface area contributed by atoms with E-state index in [1.165, 1.54) is 12.1 Å². The Labute approximate surface area is 111 Å². The van der Waals surface area contributed by atoms with E-state index in [1.54, 1.807) is 12.1 Å². The standard InChI is InChI=1S/C15H16FNO2/c1-10-3-8-14(19-10)11(2)17-15(18)9-12-4-6-13(16)7-5-12/h3-8,11H,9H2,1-2H3,(H,17,18)/t11-/m1/s1. The van der Waals surface area contributed by atoms with Crippen LogP contribution >= 0.6 is 0 Å². The second-order valence-electron chi connectivity index (χ2n) is 4.54. The summed E-state index contributed by atoms with van der Waals surface area (Å²) in [5.41, 5.74) is 0.779. The van der Waals surface area contributed by atoms with E-state index >= 15 is 0 Å². The van der Waals surface area contributed by atoms with Crippen molar-refractivity contribution in [3.63, 3.8) is 0 Å². The van der Waals surface area contributed by atoms with E-state index in [0.29, 0.717) is 0 Å². The van der Waals surface area contributed by atoms with Crippen molar-refractivity contribution >= 4 is 5.91 Å². The van der Waals surface area contributed by atoms with Crippen LogP contribution in [0.3, 0.4) is 0 Å². The molecule has 100 valence electrons. The first kappa shape index (κ1) is 13.3. The lowest BCUT2D eigenvalue weighted by Crippen LogP contribution is -2.27. The van der Waals surface area contributed by atoms with Gasteiger partial charge in [0.15, 0.2) is 0 Å². The van der Waals surface area contributed by atoms with Gasteiger partial charge >= 0.3 is 0 Å². The monoisotopic (exact) mass is 261 g/mol. The number of amides is 1. The van der Waals surface area contributed by atoms with Crippen LogP contribution < -0.4 is 5.32 Å². The van der Waals surface area contributed by atoms with E-state index in [4.69, 9.17) is 4.42 Å². The minimum Gasteiger partial charge on any atom is -0.464 e. The lowest BCUT2D eigenvalue weighted by Gasteiger charge is -2.11. The summed E-state index contributed by atoms with van der Waals surface area (Å²) < 4.78 is 18.2. The molecule has 3 nitrogen and oxygen atoms in total. The van der Waals surface area contributed by atoms with Crippen molar-refractivity contribution in [1.82, 2.24) is 5.32 Å². The molecule has 0 unspecified atom stereocenters. The minimum atomic E-state index is -0.302. The molecule has 1 aromatic heterocycles. The van der Waals surface area contributed by atoms with Gasteiger partial charge in [0, 0.05) is 0 Å². The average Bonchev–Trinajstić information content (AvgIpc) is 2.79. The molecule has 2 rings (SSSR count). The van der Waals surface area contributed by atoms with Gasteiger partial charge in [-0.2, -0.15) is 0 Å². The Bertz CT molecular complexity index is 560. The summed E-state index contributed by atoms with van der Waals surface area (Å²) in [5, 5.41) is 2.85. The van der Waals surface area contributed by atoms with Crippen LogP contribution in [0, 0.1) is 12.7 Å². The van der Waals surface area contributed by atoms with Gasteiger partial charge in [0.2, 0.25) is 5.91 Å². The fourth-order valence-corrected chi connectivity index (χ4v) is 1.84. The summed E-state index contributed by atoms with van der Waals surface area (Å²) in [4.78, 5) is 11.8.